The number of hydrogen-bond donors (Lipinski definition) is 2. The van der Waals surface area contributed by atoms with Gasteiger partial charge in [-0.25, -0.2) is 0 Å². The van der Waals surface area contributed by atoms with Crippen molar-refractivity contribution < 1.29 is 5.21 Å². The molecule has 3 N–H and O–H groups in total. The molecule has 0 aliphatic heterocycles. The predicted octanol–water partition coefficient (Wildman–Crippen LogP) is 2.40. The molecule has 1 aliphatic rings. The molecule has 0 atom stereocenters. The molecule has 0 heterocycles. The lowest BCUT2D eigenvalue weighted by Gasteiger charge is -2.18. The molecule has 0 spiro atoms. The molecule has 0 saturated carbocycles. The maximum atomic E-state index is 8.50. The summed E-state index contributed by atoms with van der Waals surface area (Å²) in [5, 5.41) is 11.5. The Bertz CT molecular complexity index is 404. The number of aryl methyl sites for hydroxylation is 1. The second kappa shape index (κ2) is 5.25. The van der Waals surface area contributed by atoms with Crippen molar-refractivity contribution in [3.63, 3.8) is 0 Å². The number of thioether (sulfide) groups is 1. The Morgan fingerprint density at radius 2 is 2.19 bits per heavy atom. The molecule has 3 nitrogen and oxygen atoms in total. The summed E-state index contributed by atoms with van der Waals surface area (Å²) >= 11 is 1.65. The summed E-state index contributed by atoms with van der Waals surface area (Å²) in [5.41, 5.74) is 8.41. The van der Waals surface area contributed by atoms with Gasteiger partial charge in [0.05, 0.1) is 5.75 Å². The fourth-order valence-corrected chi connectivity index (χ4v) is 3.01. The van der Waals surface area contributed by atoms with Crippen LogP contribution in [-0.4, -0.2) is 16.8 Å². The molecule has 1 aromatic carbocycles. The Morgan fingerprint density at radius 3 is 3.00 bits per heavy atom. The zero-order valence-corrected chi connectivity index (χ0v) is 9.96. The van der Waals surface area contributed by atoms with Gasteiger partial charge in [0.1, 0.15) is 5.84 Å². The minimum Gasteiger partial charge on any atom is -0.409 e. The topological polar surface area (TPSA) is 58.6 Å². The van der Waals surface area contributed by atoms with Crippen LogP contribution in [0.2, 0.25) is 0 Å². The van der Waals surface area contributed by atoms with E-state index in [9.17, 15) is 0 Å². The highest BCUT2D eigenvalue weighted by molar-refractivity contribution is 8.00. The molecule has 0 amide bonds. The number of fused-ring (bicyclic) bond motifs is 1. The molecule has 0 saturated heterocycles. The van der Waals surface area contributed by atoms with E-state index in [-0.39, 0.29) is 5.84 Å². The molecular formula is C12H16N2OS. The van der Waals surface area contributed by atoms with Crippen LogP contribution in [0.3, 0.4) is 0 Å². The number of benzene rings is 1. The van der Waals surface area contributed by atoms with Gasteiger partial charge in [0, 0.05) is 4.90 Å². The smallest absolute Gasteiger partial charge is 0.149 e. The van der Waals surface area contributed by atoms with Crippen molar-refractivity contribution in [2.24, 2.45) is 10.9 Å². The number of oxime groups is 1. The standard InChI is InChI=1S/C12H16N2OS/c13-12(14-15)8-16-11-7-3-5-9-4-1-2-6-10(9)11/h3,5,7,15H,1-2,4,6,8H2,(H2,13,14). The first-order valence-corrected chi connectivity index (χ1v) is 6.50. The SMILES string of the molecule is N/C(CSc1cccc2c1CCCC2)=N/O. The molecule has 0 bridgehead atoms. The lowest BCUT2D eigenvalue weighted by Crippen LogP contribution is -2.14. The predicted molar refractivity (Wildman–Crippen MR) is 67.2 cm³/mol. The fraction of sp³-hybridized carbons (Fsp3) is 0.417. The van der Waals surface area contributed by atoms with E-state index in [2.05, 4.69) is 23.4 Å². The highest BCUT2D eigenvalue weighted by Gasteiger charge is 2.13. The first kappa shape index (κ1) is 11.3. The summed E-state index contributed by atoms with van der Waals surface area (Å²) < 4.78 is 0. The summed E-state index contributed by atoms with van der Waals surface area (Å²) in [6, 6.07) is 6.43. The summed E-state index contributed by atoms with van der Waals surface area (Å²) in [6.45, 7) is 0. The van der Waals surface area contributed by atoms with E-state index in [0.29, 0.717) is 5.75 Å². The fourth-order valence-electron chi connectivity index (χ4n) is 2.06. The van der Waals surface area contributed by atoms with Crippen LogP contribution in [0.15, 0.2) is 28.3 Å². The van der Waals surface area contributed by atoms with Gasteiger partial charge in [0.25, 0.3) is 0 Å². The van der Waals surface area contributed by atoms with Crippen LogP contribution in [0, 0.1) is 0 Å². The van der Waals surface area contributed by atoms with E-state index < -0.39 is 0 Å². The maximum absolute atomic E-state index is 8.50. The quantitative estimate of drug-likeness (QED) is 0.278. The Labute approximate surface area is 99.7 Å². The van der Waals surface area contributed by atoms with Crippen molar-refractivity contribution >= 4 is 17.6 Å². The minimum atomic E-state index is 0.276. The third kappa shape index (κ3) is 2.50. The number of rotatable bonds is 3. The van der Waals surface area contributed by atoms with Crippen molar-refractivity contribution in [3.8, 4) is 0 Å². The first-order valence-electron chi connectivity index (χ1n) is 5.51. The van der Waals surface area contributed by atoms with E-state index in [1.165, 1.54) is 35.3 Å². The molecule has 0 radical (unpaired) electrons. The van der Waals surface area contributed by atoms with Crippen molar-refractivity contribution in [1.29, 1.82) is 0 Å². The van der Waals surface area contributed by atoms with Crippen LogP contribution in [0.25, 0.3) is 0 Å². The van der Waals surface area contributed by atoms with Gasteiger partial charge in [-0.15, -0.1) is 11.8 Å². The van der Waals surface area contributed by atoms with Crippen LogP contribution in [0.4, 0.5) is 0 Å². The van der Waals surface area contributed by atoms with Crippen molar-refractivity contribution in [2.75, 3.05) is 5.75 Å². The van der Waals surface area contributed by atoms with Crippen molar-refractivity contribution in [2.45, 2.75) is 30.6 Å². The van der Waals surface area contributed by atoms with Crippen LogP contribution in [0.5, 0.6) is 0 Å². The molecule has 1 aliphatic carbocycles. The molecule has 0 aromatic heterocycles. The largest absolute Gasteiger partial charge is 0.409 e. The Morgan fingerprint density at radius 1 is 1.38 bits per heavy atom. The molecular weight excluding hydrogens is 220 g/mol. The first-order chi connectivity index (χ1) is 7.81. The molecule has 2 rings (SSSR count). The zero-order chi connectivity index (χ0) is 11.4. The second-order valence-electron chi connectivity index (χ2n) is 3.98. The van der Waals surface area contributed by atoms with Gasteiger partial charge in [-0.3, -0.25) is 0 Å². The van der Waals surface area contributed by atoms with E-state index >= 15 is 0 Å². The van der Waals surface area contributed by atoms with E-state index in [4.69, 9.17) is 10.9 Å². The van der Waals surface area contributed by atoms with Crippen LogP contribution in [-0.2, 0) is 12.8 Å². The summed E-state index contributed by atoms with van der Waals surface area (Å²) in [7, 11) is 0. The van der Waals surface area contributed by atoms with Gasteiger partial charge in [-0.1, -0.05) is 17.3 Å². The number of hydrogen-bond acceptors (Lipinski definition) is 3. The highest BCUT2D eigenvalue weighted by Crippen LogP contribution is 2.30. The third-order valence-corrected chi connectivity index (χ3v) is 3.99. The third-order valence-electron chi connectivity index (χ3n) is 2.86. The molecule has 86 valence electrons. The second-order valence-corrected chi connectivity index (χ2v) is 5.00. The Kier molecular flexibility index (Phi) is 3.72. The Hall–Kier alpha value is -1.16. The maximum Gasteiger partial charge on any atom is 0.149 e. The van der Waals surface area contributed by atoms with Crippen molar-refractivity contribution in [1.82, 2.24) is 0 Å². The summed E-state index contributed by atoms with van der Waals surface area (Å²) in [5.74, 6) is 0.825. The summed E-state index contributed by atoms with van der Waals surface area (Å²) in [6.07, 6.45) is 4.91. The minimum absolute atomic E-state index is 0.276. The van der Waals surface area contributed by atoms with Crippen molar-refractivity contribution in [3.05, 3.63) is 29.3 Å². The Balaban J connectivity index is 2.14. The number of amidine groups is 1. The molecule has 0 fully saturated rings. The van der Waals surface area contributed by atoms with Gasteiger partial charge in [0.2, 0.25) is 0 Å². The lowest BCUT2D eigenvalue weighted by atomic mass is 9.92. The van der Waals surface area contributed by atoms with Gasteiger partial charge < -0.3 is 10.9 Å². The van der Waals surface area contributed by atoms with E-state index in [1.807, 2.05) is 0 Å². The van der Waals surface area contributed by atoms with Gasteiger partial charge >= 0.3 is 0 Å². The van der Waals surface area contributed by atoms with Gasteiger partial charge in [-0.05, 0) is 42.9 Å². The average Bonchev–Trinajstić information content (AvgIpc) is 2.35. The van der Waals surface area contributed by atoms with Gasteiger partial charge in [0.15, 0.2) is 0 Å². The molecule has 4 heteroatoms. The van der Waals surface area contributed by atoms with Gasteiger partial charge in [-0.2, -0.15) is 0 Å². The number of nitrogens with two attached hydrogens (primary N) is 1. The molecule has 16 heavy (non-hydrogen) atoms. The molecule has 0 unspecified atom stereocenters. The monoisotopic (exact) mass is 236 g/mol. The van der Waals surface area contributed by atoms with Crippen LogP contribution < -0.4 is 5.73 Å². The average molecular weight is 236 g/mol. The lowest BCUT2D eigenvalue weighted by molar-refractivity contribution is 0.318. The van der Waals surface area contributed by atoms with E-state index in [1.54, 1.807) is 11.8 Å². The normalized spacial score (nSPS) is 15.9. The molecule has 1 aromatic rings. The zero-order valence-electron chi connectivity index (χ0n) is 9.15. The van der Waals surface area contributed by atoms with Crippen LogP contribution in [0.1, 0.15) is 24.0 Å². The van der Waals surface area contributed by atoms with E-state index in [0.717, 1.165) is 6.42 Å². The summed E-state index contributed by atoms with van der Waals surface area (Å²) in [4.78, 5) is 1.28. The highest BCUT2D eigenvalue weighted by atomic mass is 32.2. The van der Waals surface area contributed by atoms with Crippen LogP contribution >= 0.6 is 11.8 Å². The number of nitrogens with zero attached hydrogens (tertiary/aromatic N) is 1.